The van der Waals surface area contributed by atoms with Crippen molar-refractivity contribution < 1.29 is 49.2 Å². The molecule has 6 unspecified atom stereocenters. The zero-order chi connectivity index (χ0) is 25.9. The number of carboxylic acid groups (broad SMARTS) is 3. The van der Waals surface area contributed by atoms with Crippen LogP contribution in [-0.4, -0.2) is 86.3 Å². The van der Waals surface area contributed by atoms with E-state index in [0.717, 1.165) is 6.92 Å². The van der Waals surface area contributed by atoms with Gasteiger partial charge in [-0.15, -0.1) is 0 Å². The van der Waals surface area contributed by atoms with Crippen LogP contribution < -0.4 is 21.7 Å². The van der Waals surface area contributed by atoms with E-state index in [0.29, 0.717) is 6.42 Å². The van der Waals surface area contributed by atoms with Crippen LogP contribution in [0.4, 0.5) is 0 Å². The second-order valence-electron chi connectivity index (χ2n) is 7.63. The lowest BCUT2D eigenvalue weighted by atomic mass is 9.97. The molecule has 0 aromatic carbocycles. The third-order valence-electron chi connectivity index (χ3n) is 4.85. The Bertz CT molecular complexity index is 742. The summed E-state index contributed by atoms with van der Waals surface area (Å²) < 4.78 is 0. The molecule has 0 aromatic heterocycles. The molecule has 0 aliphatic carbocycles. The predicted octanol–water partition coefficient (Wildman–Crippen LogP) is -2.38. The first-order valence-corrected chi connectivity index (χ1v) is 10.2. The molecule has 0 radical (unpaired) electrons. The lowest BCUT2D eigenvalue weighted by Gasteiger charge is -2.28. The maximum atomic E-state index is 12.9. The minimum absolute atomic E-state index is 0.391. The van der Waals surface area contributed by atoms with Crippen LogP contribution in [0.2, 0.25) is 0 Å². The number of hydrogen-bond donors (Lipinski definition) is 8. The number of carbonyl (C=O) groups is 6. The number of hydrogen-bond acceptors (Lipinski definition) is 8. The van der Waals surface area contributed by atoms with Crippen molar-refractivity contribution in [1.29, 1.82) is 0 Å². The van der Waals surface area contributed by atoms with Crippen LogP contribution in [0.15, 0.2) is 0 Å². The molecule has 188 valence electrons. The van der Waals surface area contributed by atoms with E-state index in [1.54, 1.807) is 13.8 Å². The van der Waals surface area contributed by atoms with Gasteiger partial charge in [-0.1, -0.05) is 20.3 Å². The van der Waals surface area contributed by atoms with E-state index < -0.39 is 91.1 Å². The fourth-order valence-electron chi connectivity index (χ4n) is 2.68. The summed E-state index contributed by atoms with van der Waals surface area (Å²) in [7, 11) is 0. The first kappa shape index (κ1) is 29.7. The Morgan fingerprint density at radius 2 is 1.36 bits per heavy atom. The normalized spacial score (nSPS) is 16.3. The van der Waals surface area contributed by atoms with Gasteiger partial charge in [0.1, 0.15) is 12.1 Å². The molecule has 0 fully saturated rings. The Balaban J connectivity index is 5.63. The van der Waals surface area contributed by atoms with E-state index in [9.17, 15) is 33.9 Å². The van der Waals surface area contributed by atoms with Crippen LogP contribution >= 0.6 is 0 Å². The van der Waals surface area contributed by atoms with Crippen LogP contribution in [0.25, 0.3) is 0 Å². The van der Waals surface area contributed by atoms with Gasteiger partial charge < -0.3 is 42.1 Å². The van der Waals surface area contributed by atoms with Crippen LogP contribution in [0.1, 0.15) is 46.5 Å². The first-order chi connectivity index (χ1) is 15.2. The van der Waals surface area contributed by atoms with Crippen LogP contribution in [-0.2, 0) is 28.8 Å². The van der Waals surface area contributed by atoms with Gasteiger partial charge in [-0.25, -0.2) is 4.79 Å². The fourth-order valence-corrected chi connectivity index (χ4v) is 2.68. The number of aliphatic hydroxyl groups is 1. The van der Waals surface area contributed by atoms with E-state index in [1.807, 2.05) is 5.32 Å². The summed E-state index contributed by atoms with van der Waals surface area (Å²) in [5, 5.41) is 43.0. The van der Waals surface area contributed by atoms with Gasteiger partial charge in [0.05, 0.1) is 18.6 Å². The maximum absolute atomic E-state index is 12.9. The number of carboxylic acids is 3. The minimum Gasteiger partial charge on any atom is -0.481 e. The summed E-state index contributed by atoms with van der Waals surface area (Å²) in [5.41, 5.74) is 5.52. The number of nitrogens with two attached hydrogens (primary N) is 1. The lowest BCUT2D eigenvalue weighted by molar-refractivity contribution is -0.145. The van der Waals surface area contributed by atoms with Crippen molar-refractivity contribution in [3.63, 3.8) is 0 Å². The molecule has 14 heteroatoms. The molecule has 0 aliphatic rings. The fraction of sp³-hybridized carbons (Fsp3) is 0.684. The molecule has 0 heterocycles. The van der Waals surface area contributed by atoms with Crippen molar-refractivity contribution in [2.24, 2.45) is 11.7 Å². The predicted molar refractivity (Wildman–Crippen MR) is 112 cm³/mol. The highest BCUT2D eigenvalue weighted by atomic mass is 16.4. The van der Waals surface area contributed by atoms with E-state index in [1.165, 1.54) is 0 Å². The molecular formula is C19H32N4O10. The molecule has 0 saturated heterocycles. The Labute approximate surface area is 189 Å². The topological polar surface area (TPSA) is 245 Å². The quantitative estimate of drug-likeness (QED) is 0.124. The first-order valence-electron chi connectivity index (χ1n) is 10.2. The average Bonchev–Trinajstić information content (AvgIpc) is 2.70. The van der Waals surface area contributed by atoms with Gasteiger partial charge in [0, 0.05) is 6.42 Å². The Hall–Kier alpha value is -3.26. The zero-order valence-corrected chi connectivity index (χ0v) is 18.6. The summed E-state index contributed by atoms with van der Waals surface area (Å²) in [6.07, 6.45) is -2.72. The number of aliphatic hydroxyl groups excluding tert-OH is 1. The van der Waals surface area contributed by atoms with E-state index in [2.05, 4.69) is 10.6 Å². The second-order valence-corrected chi connectivity index (χ2v) is 7.63. The smallest absolute Gasteiger partial charge is 0.328 e. The van der Waals surface area contributed by atoms with Gasteiger partial charge in [0.2, 0.25) is 17.7 Å². The molecule has 14 nitrogen and oxygen atoms in total. The van der Waals surface area contributed by atoms with Gasteiger partial charge in [-0.3, -0.25) is 24.0 Å². The average molecular weight is 476 g/mol. The van der Waals surface area contributed by atoms with Gasteiger partial charge >= 0.3 is 17.9 Å². The highest BCUT2D eigenvalue weighted by Gasteiger charge is 2.33. The summed E-state index contributed by atoms with van der Waals surface area (Å²) >= 11 is 0. The van der Waals surface area contributed by atoms with Gasteiger partial charge in [0.15, 0.2) is 6.04 Å². The van der Waals surface area contributed by atoms with E-state index in [-0.39, 0.29) is 0 Å². The molecular weight excluding hydrogens is 444 g/mol. The molecule has 9 N–H and O–H groups in total. The largest absolute Gasteiger partial charge is 0.481 e. The zero-order valence-electron chi connectivity index (χ0n) is 18.6. The minimum atomic E-state index is -1.71. The van der Waals surface area contributed by atoms with E-state index >= 15 is 0 Å². The lowest BCUT2D eigenvalue weighted by Crippen LogP contribution is -2.59. The van der Waals surface area contributed by atoms with Crippen molar-refractivity contribution in [2.45, 2.75) is 76.7 Å². The highest BCUT2D eigenvalue weighted by molar-refractivity contribution is 5.95. The molecule has 6 atom stereocenters. The number of nitrogens with one attached hydrogen (secondary N) is 3. The van der Waals surface area contributed by atoms with Gasteiger partial charge in [0.25, 0.3) is 0 Å². The van der Waals surface area contributed by atoms with Crippen LogP contribution in [0.5, 0.6) is 0 Å². The standard InChI is InChI=1S/C19H32N4O10/c1-4-8(2)14(22-16(29)10(20)7-13(27)28)18(31)21-11(5-6-12(25)26)17(30)23-15(9(3)24)19(32)33/h8-11,14-15,24H,4-7,20H2,1-3H3,(H,21,31)(H,22,29)(H,23,30)(H,25,26)(H,27,28)(H,32,33). The van der Waals surface area contributed by atoms with Crippen molar-refractivity contribution >= 4 is 35.6 Å². The number of carbonyl (C=O) groups excluding carboxylic acids is 3. The van der Waals surface area contributed by atoms with Crippen molar-refractivity contribution in [3.8, 4) is 0 Å². The SMILES string of the molecule is CCC(C)C(NC(=O)C(N)CC(=O)O)C(=O)NC(CCC(=O)O)C(=O)NC(C(=O)O)C(C)O. The van der Waals surface area contributed by atoms with Crippen molar-refractivity contribution in [2.75, 3.05) is 0 Å². The second kappa shape index (κ2) is 14.0. The molecule has 0 aliphatic heterocycles. The Kier molecular flexibility index (Phi) is 12.6. The molecule has 0 rings (SSSR count). The summed E-state index contributed by atoms with van der Waals surface area (Å²) in [4.78, 5) is 70.6. The Morgan fingerprint density at radius 1 is 0.818 bits per heavy atom. The summed E-state index contributed by atoms with van der Waals surface area (Å²) in [6, 6.07) is -5.88. The van der Waals surface area contributed by atoms with Gasteiger partial charge in [-0.05, 0) is 19.3 Å². The van der Waals surface area contributed by atoms with Crippen LogP contribution in [0.3, 0.4) is 0 Å². The van der Waals surface area contributed by atoms with Crippen molar-refractivity contribution in [1.82, 2.24) is 16.0 Å². The highest BCUT2D eigenvalue weighted by Crippen LogP contribution is 2.10. The molecule has 3 amide bonds. The van der Waals surface area contributed by atoms with Crippen molar-refractivity contribution in [3.05, 3.63) is 0 Å². The monoisotopic (exact) mass is 476 g/mol. The molecule has 0 spiro atoms. The molecule has 0 saturated carbocycles. The maximum Gasteiger partial charge on any atom is 0.328 e. The van der Waals surface area contributed by atoms with Gasteiger partial charge in [-0.2, -0.15) is 0 Å². The summed E-state index contributed by atoms with van der Waals surface area (Å²) in [5.74, 6) is -7.47. The Morgan fingerprint density at radius 3 is 1.79 bits per heavy atom. The van der Waals surface area contributed by atoms with E-state index in [4.69, 9.17) is 21.1 Å². The van der Waals surface area contributed by atoms with Crippen LogP contribution in [0, 0.1) is 5.92 Å². The molecule has 0 bridgehead atoms. The molecule has 0 aromatic rings. The number of amides is 3. The third kappa shape index (κ3) is 10.7. The third-order valence-corrected chi connectivity index (χ3v) is 4.85. The number of rotatable bonds is 15. The summed E-state index contributed by atoms with van der Waals surface area (Å²) in [6.45, 7) is 4.44. The molecule has 33 heavy (non-hydrogen) atoms. The number of aliphatic carboxylic acids is 3.